The van der Waals surface area contributed by atoms with Crippen LogP contribution in [-0.4, -0.2) is 26.9 Å². The van der Waals surface area contributed by atoms with Crippen molar-refractivity contribution >= 4 is 28.7 Å². The second kappa shape index (κ2) is 17.1. The van der Waals surface area contributed by atoms with Gasteiger partial charge in [0.05, 0.1) is 22.6 Å². The number of rotatable bonds is 9. The van der Waals surface area contributed by atoms with Crippen LogP contribution in [0.3, 0.4) is 0 Å². The second-order valence-corrected chi connectivity index (χ2v) is 20.9. The Morgan fingerprint density at radius 1 is 0.688 bits per heavy atom. The fourth-order valence-corrected chi connectivity index (χ4v) is 10.8. The van der Waals surface area contributed by atoms with E-state index < -0.39 is 11.1 Å². The number of nitrogens with zero attached hydrogens (tertiary/aromatic N) is 5. The van der Waals surface area contributed by atoms with E-state index in [2.05, 4.69) is 180 Å². The standard InChI is InChI=1S/C57H65N5O.Pt/c1-35(2)50(36(3)4)57(15)56(13,14)62(51-38(6)20-18-21-39(51)7)52(60-57)41-30-40(48-23-16-17-26-58-48)31-45(32-41)63-44-29-37(5)28-43(34-44)61-49-25-24-42(54(8,9)10)33-47(49)55(11,12)46-22-19-27-59-53(46)61;/h16-31,33,35-36,50H,1-15H3;/q-2;+2/t57-;/m1./s1. The normalized spacial score (nSPS) is 17.6. The molecule has 6 aromatic rings. The molecule has 64 heavy (non-hydrogen) atoms. The zero-order valence-electron chi connectivity index (χ0n) is 40.5. The van der Waals surface area contributed by atoms with Crippen molar-refractivity contribution in [1.29, 1.82) is 0 Å². The largest absolute Gasteiger partial charge is 2.00 e. The Hall–Kier alpha value is -5.06. The second-order valence-electron chi connectivity index (χ2n) is 20.9. The third kappa shape index (κ3) is 8.03. The van der Waals surface area contributed by atoms with Gasteiger partial charge in [0.2, 0.25) is 0 Å². The average molecular weight is 1030 g/mol. The van der Waals surface area contributed by atoms with Gasteiger partial charge in [-0.2, -0.15) is 5.56 Å². The maximum atomic E-state index is 6.99. The Morgan fingerprint density at radius 2 is 1.36 bits per heavy atom. The van der Waals surface area contributed by atoms with Crippen LogP contribution in [0.1, 0.15) is 122 Å². The van der Waals surface area contributed by atoms with Crippen LogP contribution >= 0.6 is 0 Å². The summed E-state index contributed by atoms with van der Waals surface area (Å²) in [5.41, 5.74) is 11.8. The number of anilines is 4. The van der Waals surface area contributed by atoms with Crippen molar-refractivity contribution in [3.8, 4) is 22.8 Å². The minimum Gasteiger partial charge on any atom is -0.503 e. The molecule has 2 aromatic heterocycles. The molecular formula is C57H65N5OPt. The molecule has 334 valence electrons. The van der Waals surface area contributed by atoms with E-state index in [4.69, 9.17) is 19.7 Å². The van der Waals surface area contributed by atoms with Gasteiger partial charge in [0.25, 0.3) is 0 Å². The Labute approximate surface area is 397 Å². The van der Waals surface area contributed by atoms with E-state index >= 15 is 0 Å². The summed E-state index contributed by atoms with van der Waals surface area (Å²) >= 11 is 0. The maximum absolute atomic E-state index is 6.99. The average Bonchev–Trinajstić information content (AvgIpc) is 3.41. The van der Waals surface area contributed by atoms with Gasteiger partial charge < -0.3 is 19.5 Å². The number of hydrogen-bond donors (Lipinski definition) is 0. The third-order valence-corrected chi connectivity index (χ3v) is 14.0. The molecule has 0 amide bonds. The minimum atomic E-state index is -0.439. The van der Waals surface area contributed by atoms with Crippen LogP contribution in [0.2, 0.25) is 0 Å². The van der Waals surface area contributed by atoms with Gasteiger partial charge in [0.1, 0.15) is 5.82 Å². The van der Waals surface area contributed by atoms with Crippen LogP contribution in [0, 0.1) is 50.7 Å². The predicted molar refractivity (Wildman–Crippen MR) is 262 cm³/mol. The molecule has 0 radical (unpaired) electrons. The van der Waals surface area contributed by atoms with Crippen molar-refractivity contribution in [1.82, 2.24) is 9.97 Å². The van der Waals surface area contributed by atoms with E-state index in [0.29, 0.717) is 29.3 Å². The molecule has 0 aliphatic carbocycles. The van der Waals surface area contributed by atoms with Crippen LogP contribution in [0.15, 0.2) is 108 Å². The first-order valence-corrected chi connectivity index (χ1v) is 22.7. The first kappa shape index (κ1) is 46.9. The summed E-state index contributed by atoms with van der Waals surface area (Å²) in [4.78, 5) is 20.5. The van der Waals surface area contributed by atoms with Crippen molar-refractivity contribution in [2.24, 2.45) is 22.7 Å². The number of benzene rings is 4. The monoisotopic (exact) mass is 1030 g/mol. The van der Waals surface area contributed by atoms with Crippen LogP contribution in [0.5, 0.6) is 11.5 Å². The Morgan fingerprint density at radius 3 is 2.00 bits per heavy atom. The molecule has 0 N–H and O–H groups in total. The zero-order chi connectivity index (χ0) is 45.4. The van der Waals surface area contributed by atoms with Gasteiger partial charge in [0.15, 0.2) is 0 Å². The van der Waals surface area contributed by atoms with E-state index in [-0.39, 0.29) is 31.9 Å². The number of ether oxygens (including phenoxy) is 1. The van der Waals surface area contributed by atoms with E-state index in [0.717, 1.165) is 45.4 Å². The predicted octanol–water partition coefficient (Wildman–Crippen LogP) is 14.6. The molecule has 2 aliphatic heterocycles. The van der Waals surface area contributed by atoms with Gasteiger partial charge in [0, 0.05) is 46.2 Å². The summed E-state index contributed by atoms with van der Waals surface area (Å²) in [6, 6.07) is 39.7. The van der Waals surface area contributed by atoms with Gasteiger partial charge in [-0.25, -0.2) is 4.98 Å². The fraction of sp³-hybridized carbons (Fsp3) is 0.386. The van der Waals surface area contributed by atoms with Crippen molar-refractivity contribution < 1.29 is 25.8 Å². The maximum Gasteiger partial charge on any atom is 2.00 e. The molecule has 2 aliphatic rings. The quantitative estimate of drug-likeness (QED) is 0.135. The molecule has 0 spiro atoms. The molecule has 0 fully saturated rings. The third-order valence-electron chi connectivity index (χ3n) is 14.0. The van der Waals surface area contributed by atoms with Crippen molar-refractivity contribution in [3.63, 3.8) is 0 Å². The number of aromatic nitrogens is 2. The number of aryl methyl sites for hydroxylation is 3. The van der Waals surface area contributed by atoms with Gasteiger partial charge in [-0.3, -0.25) is 4.98 Å². The summed E-state index contributed by atoms with van der Waals surface area (Å²) in [6.45, 7) is 34.4. The number of aliphatic imine (C=N–C) groups is 1. The summed E-state index contributed by atoms with van der Waals surface area (Å²) in [7, 11) is 0. The molecular weight excluding hydrogens is 966 g/mol. The smallest absolute Gasteiger partial charge is 0.503 e. The topological polar surface area (TPSA) is 53.9 Å². The van der Waals surface area contributed by atoms with Crippen LogP contribution in [0.25, 0.3) is 11.3 Å². The number of pyridine rings is 2. The van der Waals surface area contributed by atoms with Crippen molar-refractivity contribution in [2.75, 3.05) is 9.80 Å². The Kier molecular flexibility index (Phi) is 12.5. The molecule has 4 heterocycles. The van der Waals surface area contributed by atoms with Crippen molar-refractivity contribution in [2.45, 2.75) is 126 Å². The molecule has 0 unspecified atom stereocenters. The molecule has 7 heteroatoms. The first-order valence-electron chi connectivity index (χ1n) is 22.7. The first-order chi connectivity index (χ1) is 29.6. The van der Waals surface area contributed by atoms with E-state index in [1.54, 1.807) is 0 Å². The molecule has 6 nitrogen and oxygen atoms in total. The van der Waals surface area contributed by atoms with Gasteiger partial charge in [-0.05, 0) is 104 Å². The summed E-state index contributed by atoms with van der Waals surface area (Å²) in [5, 5.41) is 0. The number of amidine groups is 1. The van der Waals surface area contributed by atoms with Gasteiger partial charge in [-0.15, -0.1) is 29.8 Å². The Balaban J connectivity index is 0.00000612. The van der Waals surface area contributed by atoms with Crippen LogP contribution in [-0.2, 0) is 31.9 Å². The minimum absolute atomic E-state index is 0. The summed E-state index contributed by atoms with van der Waals surface area (Å²) in [6.07, 6.45) is 3.72. The molecule has 1 atom stereocenters. The van der Waals surface area contributed by atoms with Gasteiger partial charge >= 0.3 is 21.1 Å². The number of para-hydroxylation sites is 1. The van der Waals surface area contributed by atoms with Crippen LogP contribution in [0.4, 0.5) is 22.9 Å². The molecule has 4 aromatic carbocycles. The molecule has 8 rings (SSSR count). The fourth-order valence-electron chi connectivity index (χ4n) is 10.8. The SMILES string of the molecule is Cc1cc(Oc2[c-]c(C3=N[C@](C)(C(C(C)C)C(C)C)C(C)(C)N3c3c(C)cccc3C)cc(-c3ccccn3)c2)[c-]c(N2c3ccc(C(C)(C)C)cc3C(C)(C)c3cccnc32)c1.[Pt+2]. The van der Waals surface area contributed by atoms with E-state index in [1.807, 2.05) is 48.8 Å². The molecule has 0 saturated carbocycles. The Bertz CT molecular complexity index is 2700. The number of hydrogen-bond acceptors (Lipinski definition) is 6. The van der Waals surface area contributed by atoms with Gasteiger partial charge in [-0.1, -0.05) is 135 Å². The summed E-state index contributed by atoms with van der Waals surface area (Å²) < 4.78 is 6.99. The summed E-state index contributed by atoms with van der Waals surface area (Å²) in [5.74, 6) is 4.05. The molecule has 0 bridgehead atoms. The van der Waals surface area contributed by atoms with E-state index in [1.165, 1.54) is 33.5 Å². The zero-order valence-corrected chi connectivity index (χ0v) is 42.8. The molecule has 0 saturated heterocycles. The number of fused-ring (bicyclic) bond motifs is 2. The van der Waals surface area contributed by atoms with E-state index in [9.17, 15) is 0 Å². The van der Waals surface area contributed by atoms with Crippen LogP contribution < -0.4 is 14.5 Å². The van der Waals surface area contributed by atoms with Crippen molar-refractivity contribution in [3.05, 3.63) is 154 Å².